The number of nitrogens with zero attached hydrogens (tertiary/aromatic N) is 1. The predicted molar refractivity (Wildman–Crippen MR) is 99.5 cm³/mol. The summed E-state index contributed by atoms with van der Waals surface area (Å²) < 4.78 is 15.5. The molecule has 138 valence electrons. The first kappa shape index (κ1) is 19.7. The molecule has 0 fully saturated rings. The van der Waals surface area contributed by atoms with Gasteiger partial charge in [0.15, 0.2) is 18.1 Å². The minimum absolute atomic E-state index is 0.00319. The number of methoxy groups -OCH3 is 1. The predicted octanol–water partition coefficient (Wildman–Crippen LogP) is 3.43. The number of rotatable bonds is 8. The quantitative estimate of drug-likeness (QED) is 0.308. The average Bonchev–Trinajstić information content (AvgIpc) is 2.71. The van der Waals surface area contributed by atoms with Crippen LogP contribution in [-0.4, -0.2) is 32.1 Å². The van der Waals surface area contributed by atoms with Crippen molar-refractivity contribution < 1.29 is 23.8 Å². The molecule has 0 aliphatic rings. The molecular formula is C21H19NO5. The van der Waals surface area contributed by atoms with Gasteiger partial charge in [-0.1, -0.05) is 36.4 Å². The van der Waals surface area contributed by atoms with Crippen LogP contribution < -0.4 is 9.47 Å². The summed E-state index contributed by atoms with van der Waals surface area (Å²) in [6.07, 6.45) is 1.48. The highest BCUT2D eigenvalue weighted by molar-refractivity contribution is 6.14. The van der Waals surface area contributed by atoms with Crippen molar-refractivity contribution in [2.45, 2.75) is 6.92 Å². The lowest BCUT2D eigenvalue weighted by molar-refractivity contribution is -0.145. The molecule has 0 aliphatic carbocycles. The highest BCUT2D eigenvalue weighted by atomic mass is 16.6. The van der Waals surface area contributed by atoms with Crippen LogP contribution in [0.5, 0.6) is 11.5 Å². The highest BCUT2D eigenvalue weighted by Gasteiger charge is 2.13. The second-order valence-electron chi connectivity index (χ2n) is 5.37. The van der Waals surface area contributed by atoms with Crippen molar-refractivity contribution in [3.63, 3.8) is 0 Å². The summed E-state index contributed by atoms with van der Waals surface area (Å²) >= 11 is 0. The monoisotopic (exact) mass is 365 g/mol. The van der Waals surface area contributed by atoms with Crippen molar-refractivity contribution in [1.29, 1.82) is 5.26 Å². The van der Waals surface area contributed by atoms with Crippen LogP contribution in [0.4, 0.5) is 0 Å². The Hall–Kier alpha value is -3.59. The number of carbonyl (C=O) groups excluding carboxylic acids is 2. The van der Waals surface area contributed by atoms with Crippen molar-refractivity contribution in [3.05, 3.63) is 65.2 Å². The highest BCUT2D eigenvalue weighted by Crippen LogP contribution is 2.29. The van der Waals surface area contributed by atoms with Crippen LogP contribution >= 0.6 is 0 Å². The fourth-order valence-electron chi connectivity index (χ4n) is 2.29. The van der Waals surface area contributed by atoms with E-state index in [-0.39, 0.29) is 24.6 Å². The van der Waals surface area contributed by atoms with E-state index >= 15 is 0 Å². The van der Waals surface area contributed by atoms with Crippen LogP contribution in [0.25, 0.3) is 6.08 Å². The summed E-state index contributed by atoms with van der Waals surface area (Å²) in [5.41, 5.74) is 1.03. The Bertz CT molecular complexity index is 881. The Morgan fingerprint density at radius 1 is 1.11 bits per heavy atom. The summed E-state index contributed by atoms with van der Waals surface area (Å²) in [5.74, 6) is -0.114. The second-order valence-corrected chi connectivity index (χ2v) is 5.37. The molecule has 0 aliphatic heterocycles. The van der Waals surface area contributed by atoms with E-state index in [9.17, 15) is 14.9 Å². The van der Waals surface area contributed by atoms with Gasteiger partial charge in [0.05, 0.1) is 13.7 Å². The smallest absolute Gasteiger partial charge is 0.344 e. The Labute approximate surface area is 157 Å². The van der Waals surface area contributed by atoms with Gasteiger partial charge in [-0.3, -0.25) is 4.79 Å². The molecule has 0 bridgehead atoms. The van der Waals surface area contributed by atoms with Crippen LogP contribution in [0.1, 0.15) is 22.8 Å². The Morgan fingerprint density at radius 3 is 2.48 bits per heavy atom. The van der Waals surface area contributed by atoms with Gasteiger partial charge in [-0.15, -0.1) is 0 Å². The fraction of sp³-hybridized carbons (Fsp3) is 0.190. The van der Waals surface area contributed by atoms with E-state index in [0.717, 1.165) is 0 Å². The van der Waals surface area contributed by atoms with Gasteiger partial charge >= 0.3 is 5.97 Å². The first-order valence-corrected chi connectivity index (χ1v) is 8.27. The summed E-state index contributed by atoms with van der Waals surface area (Å²) in [7, 11) is 1.46. The molecule has 2 aromatic rings. The maximum Gasteiger partial charge on any atom is 0.344 e. The van der Waals surface area contributed by atoms with Crippen molar-refractivity contribution in [2.24, 2.45) is 0 Å². The van der Waals surface area contributed by atoms with Crippen molar-refractivity contribution in [1.82, 2.24) is 0 Å². The average molecular weight is 365 g/mol. The molecule has 0 saturated heterocycles. The van der Waals surface area contributed by atoms with Crippen molar-refractivity contribution in [3.8, 4) is 17.6 Å². The van der Waals surface area contributed by atoms with Crippen LogP contribution in [-0.2, 0) is 9.53 Å². The Kier molecular flexibility index (Phi) is 7.15. The number of esters is 1. The molecule has 6 nitrogen and oxygen atoms in total. The van der Waals surface area contributed by atoms with E-state index in [1.54, 1.807) is 55.5 Å². The van der Waals surface area contributed by atoms with Crippen LogP contribution in [0.3, 0.4) is 0 Å². The largest absolute Gasteiger partial charge is 0.493 e. The Morgan fingerprint density at radius 2 is 1.85 bits per heavy atom. The molecule has 0 atom stereocenters. The van der Waals surface area contributed by atoms with E-state index in [1.165, 1.54) is 13.2 Å². The second kappa shape index (κ2) is 9.78. The third-order valence-electron chi connectivity index (χ3n) is 3.55. The summed E-state index contributed by atoms with van der Waals surface area (Å²) in [6.45, 7) is 1.74. The zero-order valence-corrected chi connectivity index (χ0v) is 15.1. The first-order valence-electron chi connectivity index (χ1n) is 8.27. The number of benzene rings is 2. The van der Waals surface area contributed by atoms with Crippen LogP contribution in [0, 0.1) is 11.3 Å². The fourth-order valence-corrected chi connectivity index (χ4v) is 2.29. The van der Waals surface area contributed by atoms with Gasteiger partial charge in [0.2, 0.25) is 5.78 Å². The number of carbonyl (C=O) groups is 2. The SMILES string of the molecule is CCOC(=O)COc1ccc(C=C(C#N)C(=O)c2ccccc2)cc1OC. The lowest BCUT2D eigenvalue weighted by atomic mass is 10.0. The van der Waals surface area contributed by atoms with Crippen LogP contribution in [0.2, 0.25) is 0 Å². The molecule has 0 amide bonds. The zero-order chi connectivity index (χ0) is 19.6. The van der Waals surface area contributed by atoms with Gasteiger partial charge in [0, 0.05) is 5.56 Å². The third kappa shape index (κ3) is 5.44. The van der Waals surface area contributed by atoms with Gasteiger partial charge in [-0.05, 0) is 30.7 Å². The molecule has 2 rings (SSSR count). The van der Waals surface area contributed by atoms with E-state index in [1.807, 2.05) is 6.07 Å². The molecule has 0 spiro atoms. The van der Waals surface area contributed by atoms with Gasteiger partial charge in [0.1, 0.15) is 11.6 Å². The number of hydrogen-bond donors (Lipinski definition) is 0. The lowest BCUT2D eigenvalue weighted by Crippen LogP contribution is -2.14. The van der Waals surface area contributed by atoms with E-state index in [4.69, 9.17) is 14.2 Å². The molecule has 6 heteroatoms. The minimum Gasteiger partial charge on any atom is -0.493 e. The number of hydrogen-bond acceptors (Lipinski definition) is 6. The molecule has 0 heterocycles. The maximum atomic E-state index is 12.4. The summed E-state index contributed by atoms with van der Waals surface area (Å²) in [6, 6.07) is 15.4. The normalized spacial score (nSPS) is 10.6. The van der Waals surface area contributed by atoms with Gasteiger partial charge in [-0.2, -0.15) is 5.26 Å². The molecule has 0 unspecified atom stereocenters. The van der Waals surface area contributed by atoms with Crippen molar-refractivity contribution >= 4 is 17.8 Å². The topological polar surface area (TPSA) is 85.6 Å². The summed E-state index contributed by atoms with van der Waals surface area (Å²) in [4.78, 5) is 23.8. The lowest BCUT2D eigenvalue weighted by Gasteiger charge is -2.11. The van der Waals surface area contributed by atoms with E-state index in [2.05, 4.69) is 0 Å². The van der Waals surface area contributed by atoms with Crippen LogP contribution in [0.15, 0.2) is 54.1 Å². The standard InChI is InChI=1S/C21H19NO5/c1-3-26-20(23)14-27-18-10-9-15(12-19(18)25-2)11-17(13-22)21(24)16-7-5-4-6-8-16/h4-12H,3,14H2,1-2H3. The minimum atomic E-state index is -0.483. The number of allylic oxidation sites excluding steroid dienone is 1. The number of Topliss-reactive ketones (excluding diaryl/α,β-unsaturated/α-hetero) is 1. The summed E-state index contributed by atoms with van der Waals surface area (Å²) in [5, 5.41) is 9.35. The maximum absolute atomic E-state index is 12.4. The molecular weight excluding hydrogens is 346 g/mol. The molecule has 0 N–H and O–H groups in total. The van der Waals surface area contributed by atoms with Gasteiger partial charge in [0.25, 0.3) is 0 Å². The van der Waals surface area contributed by atoms with Gasteiger partial charge < -0.3 is 14.2 Å². The van der Waals surface area contributed by atoms with Gasteiger partial charge in [-0.25, -0.2) is 4.79 Å². The molecule has 27 heavy (non-hydrogen) atoms. The van der Waals surface area contributed by atoms with E-state index < -0.39 is 5.97 Å². The third-order valence-corrected chi connectivity index (χ3v) is 3.55. The molecule has 0 radical (unpaired) electrons. The molecule has 0 saturated carbocycles. The molecule has 0 aromatic heterocycles. The molecule has 2 aromatic carbocycles. The Balaban J connectivity index is 2.22. The first-order chi connectivity index (χ1) is 13.1. The number of ketones is 1. The number of nitriles is 1. The number of ether oxygens (including phenoxy) is 3. The zero-order valence-electron chi connectivity index (χ0n) is 15.1. The van der Waals surface area contributed by atoms with Crippen molar-refractivity contribution in [2.75, 3.05) is 20.3 Å². The van der Waals surface area contributed by atoms with E-state index in [0.29, 0.717) is 22.6 Å².